The van der Waals surface area contributed by atoms with E-state index in [1.165, 1.54) is 146 Å². The van der Waals surface area contributed by atoms with Crippen LogP contribution in [0.15, 0.2) is 24.3 Å². The fourth-order valence-corrected chi connectivity index (χ4v) is 7.26. The number of nitrogens with zero attached hydrogens (tertiary/aromatic N) is 1. The molecule has 0 spiro atoms. The first-order valence-electron chi connectivity index (χ1n) is 19.8. The first kappa shape index (κ1) is 40.8. The number of benzene rings is 1. The smallest absolute Gasteiger partial charge is 0.267 e. The molecule has 4 nitrogen and oxygen atoms in total. The summed E-state index contributed by atoms with van der Waals surface area (Å²) < 4.78 is 6.75. The number of hydrogen-bond acceptors (Lipinski definition) is 3. The number of ether oxygens (including phenoxy) is 1. The van der Waals surface area contributed by atoms with Gasteiger partial charge in [0.2, 0.25) is 5.91 Å². The molecule has 1 aliphatic heterocycles. The SMILES string of the molecule is CCCCCCCCCCCCCCCC1(CCCCCCCCCCCCCCC)Oc2ccccc2C(=O)N1C(=O)C(C)Br. The van der Waals surface area contributed by atoms with Gasteiger partial charge < -0.3 is 4.74 Å². The minimum atomic E-state index is -0.903. The van der Waals surface area contributed by atoms with Crippen LogP contribution in [0.3, 0.4) is 0 Å². The second-order valence-corrected chi connectivity index (χ2v) is 15.5. The number of carbonyl (C=O) groups excluding carboxylic acids is 2. The second kappa shape index (κ2) is 25.6. The summed E-state index contributed by atoms with van der Waals surface area (Å²) in [6.45, 7) is 6.37. The third-order valence-electron chi connectivity index (χ3n) is 9.93. The van der Waals surface area contributed by atoms with Crippen molar-refractivity contribution >= 4 is 27.7 Å². The van der Waals surface area contributed by atoms with Crippen molar-refractivity contribution in [2.75, 3.05) is 0 Å². The number of imide groups is 1. The number of unbranched alkanes of at least 4 members (excludes halogenated alkanes) is 24. The van der Waals surface area contributed by atoms with Crippen LogP contribution in [0, 0.1) is 0 Å². The summed E-state index contributed by atoms with van der Waals surface area (Å²) in [5.74, 6) is 0.231. The van der Waals surface area contributed by atoms with Crippen LogP contribution in [-0.4, -0.2) is 27.3 Å². The Labute approximate surface area is 292 Å². The van der Waals surface area contributed by atoms with E-state index in [0.717, 1.165) is 25.7 Å². The highest BCUT2D eigenvalue weighted by atomic mass is 79.9. The molecule has 5 heteroatoms. The van der Waals surface area contributed by atoms with Crippen LogP contribution in [0.4, 0.5) is 0 Å². The molecular formula is C41H70BrNO3. The molecule has 1 unspecified atom stereocenters. The van der Waals surface area contributed by atoms with E-state index in [4.69, 9.17) is 4.74 Å². The normalized spacial score (nSPS) is 14.7. The van der Waals surface area contributed by atoms with Gasteiger partial charge in [0.05, 0.1) is 10.4 Å². The standard InChI is InChI=1S/C41H70BrNO3/c1-4-6-8-10-12-14-16-18-20-22-24-26-30-34-41(35-31-27-25-23-21-19-17-15-13-11-9-7-5-2)43(39(44)36(3)42)40(45)37-32-28-29-33-38(37)46-41/h28-29,32-33,36H,4-27,30-31,34-35H2,1-3H3. The quantitative estimate of drug-likeness (QED) is 0.0616. The lowest BCUT2D eigenvalue weighted by Gasteiger charge is -2.46. The molecule has 0 saturated carbocycles. The molecule has 264 valence electrons. The van der Waals surface area contributed by atoms with Crippen molar-refractivity contribution in [1.82, 2.24) is 4.90 Å². The van der Waals surface area contributed by atoms with Gasteiger partial charge in [-0.25, -0.2) is 4.90 Å². The molecule has 1 aromatic carbocycles. The van der Waals surface area contributed by atoms with Gasteiger partial charge in [0.25, 0.3) is 5.91 Å². The number of amides is 2. The highest BCUT2D eigenvalue weighted by molar-refractivity contribution is 9.10. The lowest BCUT2D eigenvalue weighted by molar-refractivity contribution is -0.150. The van der Waals surface area contributed by atoms with Gasteiger partial charge in [-0.1, -0.05) is 196 Å². The molecule has 1 aliphatic rings. The highest BCUT2D eigenvalue weighted by Gasteiger charge is 2.50. The third kappa shape index (κ3) is 15.7. The zero-order chi connectivity index (χ0) is 33.3. The number of para-hydroxylation sites is 1. The maximum absolute atomic E-state index is 13.9. The van der Waals surface area contributed by atoms with Crippen LogP contribution < -0.4 is 4.74 Å². The molecule has 0 N–H and O–H groups in total. The van der Waals surface area contributed by atoms with Crippen molar-refractivity contribution in [1.29, 1.82) is 0 Å². The maximum atomic E-state index is 13.9. The lowest BCUT2D eigenvalue weighted by atomic mass is 9.91. The molecule has 0 fully saturated rings. The van der Waals surface area contributed by atoms with Gasteiger partial charge in [-0.2, -0.15) is 0 Å². The summed E-state index contributed by atoms with van der Waals surface area (Å²) in [7, 11) is 0. The summed E-state index contributed by atoms with van der Waals surface area (Å²) in [6, 6.07) is 7.47. The summed E-state index contributed by atoms with van der Waals surface area (Å²) in [5, 5.41) is 0. The monoisotopic (exact) mass is 703 g/mol. The third-order valence-corrected chi connectivity index (χ3v) is 10.3. The Bertz CT molecular complexity index is 902. The largest absolute Gasteiger partial charge is 0.467 e. The van der Waals surface area contributed by atoms with Gasteiger partial charge >= 0.3 is 0 Å². The molecule has 0 bridgehead atoms. The average molecular weight is 705 g/mol. The summed E-state index contributed by atoms with van der Waals surface area (Å²) in [4.78, 5) is 28.5. The van der Waals surface area contributed by atoms with Crippen LogP contribution in [0.5, 0.6) is 5.75 Å². The molecule has 2 amide bonds. The number of fused-ring (bicyclic) bond motifs is 1. The first-order chi connectivity index (χ1) is 22.5. The van der Waals surface area contributed by atoms with Crippen molar-refractivity contribution < 1.29 is 14.3 Å². The van der Waals surface area contributed by atoms with Gasteiger partial charge in [0, 0.05) is 12.8 Å². The average Bonchev–Trinajstić information content (AvgIpc) is 3.05. The Kier molecular flexibility index (Phi) is 22.7. The fourth-order valence-electron chi connectivity index (χ4n) is 7.06. The van der Waals surface area contributed by atoms with Crippen LogP contribution >= 0.6 is 15.9 Å². The van der Waals surface area contributed by atoms with E-state index in [1.807, 2.05) is 25.1 Å². The molecule has 0 aromatic heterocycles. The molecule has 46 heavy (non-hydrogen) atoms. The fraction of sp³-hybridized carbons (Fsp3) is 0.805. The second-order valence-electron chi connectivity index (χ2n) is 14.1. The number of halogens is 1. The van der Waals surface area contributed by atoms with Crippen molar-refractivity contribution in [3.05, 3.63) is 29.8 Å². The van der Waals surface area contributed by atoms with Crippen molar-refractivity contribution in [2.45, 2.75) is 211 Å². The molecule has 0 saturated heterocycles. The Balaban J connectivity index is 1.85. The van der Waals surface area contributed by atoms with E-state index in [9.17, 15) is 9.59 Å². The predicted octanol–water partition coefficient (Wildman–Crippen LogP) is 13.5. The molecule has 1 aromatic rings. The van der Waals surface area contributed by atoms with Crippen LogP contribution in [0.1, 0.15) is 211 Å². The maximum Gasteiger partial charge on any atom is 0.267 e. The minimum absolute atomic E-state index is 0.191. The van der Waals surface area contributed by atoms with Gasteiger partial charge in [0.1, 0.15) is 5.75 Å². The molecular weight excluding hydrogens is 634 g/mol. The molecule has 1 heterocycles. The molecule has 0 radical (unpaired) electrons. The number of carbonyl (C=O) groups is 2. The van der Waals surface area contributed by atoms with Gasteiger partial charge in [-0.3, -0.25) is 9.59 Å². The number of rotatable bonds is 29. The van der Waals surface area contributed by atoms with Gasteiger partial charge in [-0.05, 0) is 31.9 Å². The zero-order valence-electron chi connectivity index (χ0n) is 30.2. The summed E-state index contributed by atoms with van der Waals surface area (Å²) >= 11 is 3.48. The Morgan fingerprint density at radius 2 is 0.978 bits per heavy atom. The Hall–Kier alpha value is -1.36. The topological polar surface area (TPSA) is 46.6 Å². The van der Waals surface area contributed by atoms with E-state index < -0.39 is 10.6 Å². The molecule has 1 atom stereocenters. The number of hydrogen-bond donors (Lipinski definition) is 0. The van der Waals surface area contributed by atoms with Crippen molar-refractivity contribution in [2.24, 2.45) is 0 Å². The van der Waals surface area contributed by atoms with Crippen molar-refractivity contribution in [3.8, 4) is 5.75 Å². The predicted molar refractivity (Wildman–Crippen MR) is 200 cm³/mol. The van der Waals surface area contributed by atoms with E-state index in [1.54, 1.807) is 6.07 Å². The Morgan fingerprint density at radius 3 is 1.35 bits per heavy atom. The summed E-state index contributed by atoms with van der Waals surface area (Å²) in [5.41, 5.74) is -0.407. The van der Waals surface area contributed by atoms with Crippen LogP contribution in [0.25, 0.3) is 0 Å². The van der Waals surface area contributed by atoms with Gasteiger partial charge in [0.15, 0.2) is 5.72 Å². The van der Waals surface area contributed by atoms with Crippen LogP contribution in [0.2, 0.25) is 0 Å². The zero-order valence-corrected chi connectivity index (χ0v) is 31.8. The van der Waals surface area contributed by atoms with E-state index in [2.05, 4.69) is 29.8 Å². The first-order valence-corrected chi connectivity index (χ1v) is 20.7. The number of alkyl halides is 1. The summed E-state index contributed by atoms with van der Waals surface area (Å²) in [6.07, 6.45) is 35.1. The highest BCUT2D eigenvalue weighted by Crippen LogP contribution is 2.40. The van der Waals surface area contributed by atoms with E-state index in [0.29, 0.717) is 24.2 Å². The van der Waals surface area contributed by atoms with Crippen molar-refractivity contribution in [3.63, 3.8) is 0 Å². The van der Waals surface area contributed by atoms with E-state index in [-0.39, 0.29) is 11.8 Å². The lowest BCUT2D eigenvalue weighted by Crippen LogP contribution is -2.62. The molecule has 2 rings (SSSR count). The van der Waals surface area contributed by atoms with Gasteiger partial charge in [-0.15, -0.1) is 0 Å². The Morgan fingerprint density at radius 1 is 0.630 bits per heavy atom. The minimum Gasteiger partial charge on any atom is -0.467 e. The van der Waals surface area contributed by atoms with Crippen LogP contribution in [-0.2, 0) is 4.79 Å². The molecule has 0 aliphatic carbocycles. The van der Waals surface area contributed by atoms with E-state index >= 15 is 0 Å².